The van der Waals surface area contributed by atoms with Crippen LogP contribution in [-0.2, 0) is 14.8 Å². The van der Waals surface area contributed by atoms with Gasteiger partial charge in [-0.3, -0.25) is 4.79 Å². The van der Waals surface area contributed by atoms with Gasteiger partial charge in [-0.1, -0.05) is 24.4 Å². The summed E-state index contributed by atoms with van der Waals surface area (Å²) in [4.78, 5) is 11.8. The molecule has 0 unspecified atom stereocenters. The van der Waals surface area contributed by atoms with Crippen LogP contribution in [0.2, 0.25) is 5.02 Å². The highest BCUT2D eigenvalue weighted by atomic mass is 35.5. The average Bonchev–Trinajstić information content (AvgIpc) is 3.06. The summed E-state index contributed by atoms with van der Waals surface area (Å²) in [6, 6.07) is 3.71. The third-order valence-electron chi connectivity index (χ3n) is 4.71. The van der Waals surface area contributed by atoms with Gasteiger partial charge in [0.15, 0.2) is 0 Å². The number of amides is 1. The lowest BCUT2D eigenvalue weighted by Crippen LogP contribution is -2.49. The number of nitrogens with two attached hydrogens (primary N) is 1. The van der Waals surface area contributed by atoms with Gasteiger partial charge in [-0.05, 0) is 49.4 Å². The molecular formula is C17H22ClF3N2O3S. The molecule has 1 aromatic rings. The van der Waals surface area contributed by atoms with E-state index in [0.717, 1.165) is 30.0 Å². The predicted octanol–water partition coefficient (Wildman–Crippen LogP) is 3.72. The van der Waals surface area contributed by atoms with E-state index in [-0.39, 0.29) is 17.4 Å². The number of alkyl halides is 3. The first-order valence-corrected chi connectivity index (χ1v) is 10.5. The van der Waals surface area contributed by atoms with Crippen molar-refractivity contribution in [3.63, 3.8) is 0 Å². The lowest BCUT2D eigenvalue weighted by Gasteiger charge is -2.31. The van der Waals surface area contributed by atoms with Crippen LogP contribution < -0.4 is 5.73 Å². The van der Waals surface area contributed by atoms with E-state index in [1.807, 2.05) is 0 Å². The molecule has 2 rings (SSSR count). The van der Waals surface area contributed by atoms with E-state index in [0.29, 0.717) is 5.02 Å². The van der Waals surface area contributed by atoms with E-state index in [4.69, 9.17) is 17.3 Å². The Balaban J connectivity index is 2.38. The third-order valence-corrected chi connectivity index (χ3v) is 6.85. The number of benzene rings is 1. The maximum absolute atomic E-state index is 13.1. The van der Waals surface area contributed by atoms with E-state index >= 15 is 0 Å². The summed E-state index contributed by atoms with van der Waals surface area (Å²) in [5.41, 5.74) is 5.31. The topological polar surface area (TPSA) is 80.5 Å². The molecule has 1 aliphatic carbocycles. The number of sulfonamides is 1. The molecule has 27 heavy (non-hydrogen) atoms. The third kappa shape index (κ3) is 6.08. The van der Waals surface area contributed by atoms with Gasteiger partial charge in [0.2, 0.25) is 15.9 Å². The van der Waals surface area contributed by atoms with E-state index in [2.05, 4.69) is 0 Å². The molecule has 0 aromatic heterocycles. The van der Waals surface area contributed by atoms with Crippen LogP contribution in [0.4, 0.5) is 13.2 Å². The smallest absolute Gasteiger partial charge is 0.368 e. The molecule has 1 atom stereocenters. The Morgan fingerprint density at radius 2 is 1.78 bits per heavy atom. The lowest BCUT2D eigenvalue weighted by atomic mass is 10.1. The van der Waals surface area contributed by atoms with Crippen molar-refractivity contribution in [2.24, 2.45) is 11.7 Å². The molecule has 152 valence electrons. The summed E-state index contributed by atoms with van der Waals surface area (Å²) < 4.78 is 65.1. The monoisotopic (exact) mass is 426 g/mol. The molecule has 1 aromatic carbocycles. The van der Waals surface area contributed by atoms with E-state index in [1.165, 1.54) is 24.3 Å². The summed E-state index contributed by atoms with van der Waals surface area (Å²) >= 11 is 5.78. The molecular weight excluding hydrogens is 405 g/mol. The largest absolute Gasteiger partial charge is 0.389 e. The SMILES string of the molecule is NC(=O)[C@@H](CCC(F)(F)F)N(CC1CCCC1)S(=O)(=O)c1ccc(Cl)cc1. The first-order valence-electron chi connectivity index (χ1n) is 8.64. The summed E-state index contributed by atoms with van der Waals surface area (Å²) in [7, 11) is -4.21. The highest BCUT2D eigenvalue weighted by Crippen LogP contribution is 2.31. The standard InChI is InChI=1S/C17H22ClF3N2O3S/c18-13-5-7-14(8-6-13)27(25,26)23(11-12-3-1-2-4-12)15(16(22)24)9-10-17(19,20)21/h5-8,12,15H,1-4,9-11H2,(H2,22,24)/t15-/m1/s1. The van der Waals surface area contributed by atoms with Crippen molar-refractivity contribution >= 4 is 27.5 Å². The number of halogens is 4. The van der Waals surface area contributed by atoms with Crippen molar-refractivity contribution in [3.05, 3.63) is 29.3 Å². The second kappa shape index (κ2) is 8.79. The van der Waals surface area contributed by atoms with Crippen molar-refractivity contribution < 1.29 is 26.4 Å². The van der Waals surface area contributed by atoms with E-state index in [9.17, 15) is 26.4 Å². The highest BCUT2D eigenvalue weighted by Gasteiger charge is 2.39. The second-order valence-corrected chi connectivity index (χ2v) is 9.08. The zero-order valence-electron chi connectivity index (χ0n) is 14.6. The van der Waals surface area contributed by atoms with Gasteiger partial charge in [0, 0.05) is 18.0 Å². The molecule has 2 N–H and O–H groups in total. The number of nitrogens with zero attached hydrogens (tertiary/aromatic N) is 1. The van der Waals surface area contributed by atoms with Gasteiger partial charge in [-0.2, -0.15) is 17.5 Å². The van der Waals surface area contributed by atoms with Gasteiger partial charge < -0.3 is 5.73 Å². The number of primary amides is 1. The number of rotatable bonds is 8. The maximum atomic E-state index is 13.1. The van der Waals surface area contributed by atoms with Crippen molar-refractivity contribution in [2.75, 3.05) is 6.54 Å². The van der Waals surface area contributed by atoms with Gasteiger partial charge in [-0.25, -0.2) is 8.42 Å². The molecule has 1 amide bonds. The molecule has 1 fully saturated rings. The zero-order valence-corrected chi connectivity index (χ0v) is 16.2. The van der Waals surface area contributed by atoms with Crippen LogP contribution in [0.1, 0.15) is 38.5 Å². The van der Waals surface area contributed by atoms with Gasteiger partial charge in [0.1, 0.15) is 6.04 Å². The molecule has 10 heteroatoms. The van der Waals surface area contributed by atoms with Crippen LogP contribution in [0.5, 0.6) is 0 Å². The number of hydrogen-bond donors (Lipinski definition) is 1. The first-order chi connectivity index (χ1) is 12.5. The number of carbonyl (C=O) groups is 1. The van der Waals surface area contributed by atoms with Gasteiger partial charge in [0.05, 0.1) is 4.90 Å². The van der Waals surface area contributed by atoms with Crippen molar-refractivity contribution in [3.8, 4) is 0 Å². The minimum atomic E-state index is -4.52. The maximum Gasteiger partial charge on any atom is 0.389 e. The fourth-order valence-electron chi connectivity index (χ4n) is 3.31. The summed E-state index contributed by atoms with van der Waals surface area (Å²) in [5.74, 6) is -1.10. The molecule has 0 radical (unpaired) electrons. The second-order valence-electron chi connectivity index (χ2n) is 6.75. The fourth-order valence-corrected chi connectivity index (χ4v) is 5.14. The van der Waals surface area contributed by atoms with Crippen molar-refractivity contribution in [2.45, 2.75) is 55.6 Å². The molecule has 0 saturated heterocycles. The zero-order chi connectivity index (χ0) is 20.2. The fraction of sp³-hybridized carbons (Fsp3) is 0.588. The Labute approximate surface area is 161 Å². The van der Waals surface area contributed by atoms with Crippen LogP contribution in [0.15, 0.2) is 29.2 Å². The molecule has 1 aliphatic rings. The Morgan fingerprint density at radius 3 is 2.26 bits per heavy atom. The quantitative estimate of drug-likeness (QED) is 0.688. The van der Waals surface area contributed by atoms with Crippen molar-refractivity contribution in [1.29, 1.82) is 0 Å². The minimum Gasteiger partial charge on any atom is -0.368 e. The molecule has 0 heterocycles. The van der Waals surface area contributed by atoms with Crippen LogP contribution in [0, 0.1) is 5.92 Å². The first kappa shape index (κ1) is 22.0. The molecule has 0 bridgehead atoms. The van der Waals surface area contributed by atoms with Gasteiger partial charge >= 0.3 is 6.18 Å². The predicted molar refractivity (Wildman–Crippen MR) is 95.6 cm³/mol. The number of carbonyl (C=O) groups excluding carboxylic acids is 1. The normalized spacial score (nSPS) is 17.4. The van der Waals surface area contributed by atoms with Crippen LogP contribution in [-0.4, -0.2) is 37.4 Å². The van der Waals surface area contributed by atoms with Crippen LogP contribution in [0.25, 0.3) is 0 Å². The van der Waals surface area contributed by atoms with Gasteiger partial charge in [0.25, 0.3) is 0 Å². The Bertz CT molecular complexity index is 748. The molecule has 5 nitrogen and oxygen atoms in total. The Hall–Kier alpha value is -1.32. The molecule has 0 aliphatic heterocycles. The minimum absolute atomic E-state index is 0.0141. The molecule has 1 saturated carbocycles. The van der Waals surface area contributed by atoms with Crippen molar-refractivity contribution in [1.82, 2.24) is 4.31 Å². The summed E-state index contributed by atoms with van der Waals surface area (Å²) in [5, 5.41) is 0.319. The van der Waals surface area contributed by atoms with Gasteiger partial charge in [-0.15, -0.1) is 0 Å². The van der Waals surface area contributed by atoms with Crippen LogP contribution in [0.3, 0.4) is 0 Å². The average molecular weight is 427 g/mol. The Morgan fingerprint density at radius 1 is 1.22 bits per heavy atom. The lowest BCUT2D eigenvalue weighted by molar-refractivity contribution is -0.140. The van der Waals surface area contributed by atoms with E-state index in [1.54, 1.807) is 0 Å². The summed E-state index contributed by atoms with van der Waals surface area (Å²) in [6.07, 6.45) is -3.16. The van der Waals surface area contributed by atoms with E-state index < -0.39 is 41.0 Å². The van der Waals surface area contributed by atoms with Crippen LogP contribution >= 0.6 is 11.6 Å². The number of hydrogen-bond acceptors (Lipinski definition) is 3. The molecule has 0 spiro atoms. The summed E-state index contributed by atoms with van der Waals surface area (Å²) in [6.45, 7) is -0.0313. The highest BCUT2D eigenvalue weighted by molar-refractivity contribution is 7.89. The Kier molecular flexibility index (Phi) is 7.15.